The molecular formula is C29H31FN4O3. The minimum atomic E-state index is -0.666. The van der Waals surface area contributed by atoms with Crippen LogP contribution in [-0.2, 0) is 11.2 Å². The van der Waals surface area contributed by atoms with Gasteiger partial charge in [-0.15, -0.1) is 0 Å². The van der Waals surface area contributed by atoms with Gasteiger partial charge >= 0.3 is 0 Å². The van der Waals surface area contributed by atoms with Crippen molar-refractivity contribution in [2.75, 3.05) is 32.5 Å². The highest BCUT2D eigenvalue weighted by Crippen LogP contribution is 2.39. The molecule has 0 unspecified atom stereocenters. The van der Waals surface area contributed by atoms with E-state index >= 15 is 4.39 Å². The van der Waals surface area contributed by atoms with Crippen molar-refractivity contribution in [1.82, 2.24) is 15.2 Å². The van der Waals surface area contributed by atoms with Crippen molar-refractivity contribution in [3.63, 3.8) is 0 Å². The smallest absolute Gasteiger partial charge is 0.222 e. The molecule has 0 bridgehead atoms. The minimum Gasteiger partial charge on any atom is -0.496 e. The SMILES string of the molecule is C=C1NCCc2cc(-c3cc(-c4ccc(OC5CCN(C(C)=O)CC5)cc4OC)c(F)nc3N)ccc21. The lowest BCUT2D eigenvalue weighted by molar-refractivity contribution is -0.130. The van der Waals surface area contributed by atoms with Crippen molar-refractivity contribution >= 4 is 17.4 Å². The topological polar surface area (TPSA) is 89.7 Å². The number of benzene rings is 2. The van der Waals surface area contributed by atoms with E-state index in [0.717, 1.165) is 42.6 Å². The number of likely N-dealkylation sites (tertiary alicyclic amines) is 1. The molecule has 2 aromatic carbocycles. The molecule has 192 valence electrons. The second-order valence-corrected chi connectivity index (χ2v) is 9.47. The van der Waals surface area contributed by atoms with Gasteiger partial charge in [-0.05, 0) is 35.7 Å². The first-order chi connectivity index (χ1) is 17.8. The molecule has 0 spiro atoms. The molecule has 1 amide bonds. The largest absolute Gasteiger partial charge is 0.496 e. The summed E-state index contributed by atoms with van der Waals surface area (Å²) in [5.74, 6) is 0.656. The van der Waals surface area contributed by atoms with Crippen LogP contribution in [0.2, 0.25) is 0 Å². The van der Waals surface area contributed by atoms with E-state index in [1.54, 1.807) is 32.2 Å². The van der Waals surface area contributed by atoms with E-state index in [4.69, 9.17) is 15.2 Å². The Morgan fingerprint density at radius 3 is 2.59 bits per heavy atom. The predicted octanol–water partition coefficient (Wildman–Crippen LogP) is 4.65. The van der Waals surface area contributed by atoms with E-state index in [0.29, 0.717) is 41.3 Å². The van der Waals surface area contributed by atoms with E-state index in [2.05, 4.69) is 22.9 Å². The summed E-state index contributed by atoms with van der Waals surface area (Å²) in [5, 5.41) is 3.28. The molecule has 37 heavy (non-hydrogen) atoms. The zero-order chi connectivity index (χ0) is 26.1. The maximum Gasteiger partial charge on any atom is 0.222 e. The van der Waals surface area contributed by atoms with Crippen LogP contribution in [0.15, 0.2) is 49.0 Å². The van der Waals surface area contributed by atoms with Crippen molar-refractivity contribution in [2.45, 2.75) is 32.3 Å². The summed E-state index contributed by atoms with van der Waals surface area (Å²) < 4.78 is 26.9. The van der Waals surface area contributed by atoms with Gasteiger partial charge in [-0.2, -0.15) is 4.39 Å². The quantitative estimate of drug-likeness (QED) is 0.494. The fraction of sp³-hybridized carbons (Fsp3) is 0.310. The zero-order valence-corrected chi connectivity index (χ0v) is 21.1. The highest BCUT2D eigenvalue weighted by molar-refractivity contribution is 5.83. The number of aromatic nitrogens is 1. The van der Waals surface area contributed by atoms with Gasteiger partial charge in [0.05, 0.1) is 7.11 Å². The Bertz CT molecular complexity index is 1370. The molecule has 5 rings (SSSR count). The molecule has 7 nitrogen and oxygen atoms in total. The Morgan fingerprint density at radius 2 is 1.86 bits per heavy atom. The van der Waals surface area contributed by atoms with Crippen molar-refractivity contribution in [3.8, 4) is 33.8 Å². The highest BCUT2D eigenvalue weighted by atomic mass is 19.1. The van der Waals surface area contributed by atoms with Gasteiger partial charge in [-0.25, -0.2) is 4.98 Å². The molecule has 2 aliphatic heterocycles. The third-order valence-corrected chi connectivity index (χ3v) is 7.13. The van der Waals surface area contributed by atoms with Crippen LogP contribution >= 0.6 is 0 Å². The van der Waals surface area contributed by atoms with E-state index in [-0.39, 0.29) is 17.8 Å². The van der Waals surface area contributed by atoms with Gasteiger partial charge in [0.1, 0.15) is 23.4 Å². The van der Waals surface area contributed by atoms with Gasteiger partial charge in [-0.3, -0.25) is 4.79 Å². The molecule has 0 saturated carbocycles. The molecular weight excluding hydrogens is 471 g/mol. The van der Waals surface area contributed by atoms with Gasteiger partial charge in [0.2, 0.25) is 11.9 Å². The number of halogens is 1. The number of carbonyl (C=O) groups excluding carboxylic acids is 1. The van der Waals surface area contributed by atoms with Gasteiger partial charge in [0.25, 0.3) is 0 Å². The summed E-state index contributed by atoms with van der Waals surface area (Å²) in [7, 11) is 1.54. The van der Waals surface area contributed by atoms with Crippen molar-refractivity contribution in [2.24, 2.45) is 0 Å². The number of nitrogens with zero attached hydrogens (tertiary/aromatic N) is 2. The molecule has 0 aliphatic carbocycles. The van der Waals surface area contributed by atoms with Crippen LogP contribution in [0, 0.1) is 5.95 Å². The van der Waals surface area contributed by atoms with Gasteiger partial charge < -0.3 is 25.4 Å². The molecule has 0 atom stereocenters. The number of carbonyl (C=O) groups is 1. The Morgan fingerprint density at radius 1 is 1.11 bits per heavy atom. The average Bonchev–Trinajstić information content (AvgIpc) is 2.89. The molecule has 1 saturated heterocycles. The molecule has 3 aromatic rings. The number of pyridine rings is 1. The fourth-order valence-electron chi connectivity index (χ4n) is 5.08. The highest BCUT2D eigenvalue weighted by Gasteiger charge is 2.23. The number of amides is 1. The second-order valence-electron chi connectivity index (χ2n) is 9.47. The molecule has 3 N–H and O–H groups in total. The van der Waals surface area contributed by atoms with Gasteiger partial charge in [0, 0.05) is 73.4 Å². The summed E-state index contributed by atoms with van der Waals surface area (Å²) in [6.07, 6.45) is 2.39. The number of piperidine rings is 1. The molecule has 1 fully saturated rings. The van der Waals surface area contributed by atoms with Crippen molar-refractivity contribution in [3.05, 3.63) is 66.1 Å². The number of nitrogens with one attached hydrogen (secondary N) is 1. The first kappa shape index (κ1) is 24.6. The molecule has 3 heterocycles. The number of hydrogen-bond donors (Lipinski definition) is 2. The number of methoxy groups -OCH3 is 1. The molecule has 8 heteroatoms. The number of hydrogen-bond acceptors (Lipinski definition) is 6. The Balaban J connectivity index is 1.43. The fourth-order valence-corrected chi connectivity index (χ4v) is 5.08. The van der Waals surface area contributed by atoms with E-state index in [1.807, 2.05) is 23.1 Å². The number of fused-ring (bicyclic) bond motifs is 1. The number of ether oxygens (including phenoxy) is 2. The van der Waals surface area contributed by atoms with Crippen molar-refractivity contribution in [1.29, 1.82) is 0 Å². The van der Waals surface area contributed by atoms with Crippen LogP contribution in [0.1, 0.15) is 30.9 Å². The summed E-state index contributed by atoms with van der Waals surface area (Å²) >= 11 is 0. The lowest BCUT2D eigenvalue weighted by Crippen LogP contribution is -2.40. The van der Waals surface area contributed by atoms with Crippen LogP contribution in [0.4, 0.5) is 10.2 Å². The van der Waals surface area contributed by atoms with Crippen LogP contribution in [-0.4, -0.2) is 48.6 Å². The van der Waals surface area contributed by atoms with Crippen LogP contribution in [0.5, 0.6) is 11.5 Å². The number of rotatable bonds is 5. The first-order valence-electron chi connectivity index (χ1n) is 12.5. The van der Waals surface area contributed by atoms with E-state index < -0.39 is 5.95 Å². The Labute approximate surface area is 216 Å². The average molecular weight is 503 g/mol. The lowest BCUT2D eigenvalue weighted by Gasteiger charge is -2.31. The summed E-state index contributed by atoms with van der Waals surface area (Å²) in [6.45, 7) is 7.83. The summed E-state index contributed by atoms with van der Waals surface area (Å²) in [4.78, 5) is 17.4. The first-order valence-corrected chi connectivity index (χ1v) is 12.5. The molecule has 2 aliphatic rings. The minimum absolute atomic E-state index is 0.00276. The monoisotopic (exact) mass is 502 g/mol. The van der Waals surface area contributed by atoms with Gasteiger partial charge in [0.15, 0.2) is 0 Å². The maximum atomic E-state index is 15.1. The van der Waals surface area contributed by atoms with Gasteiger partial charge in [-0.1, -0.05) is 24.8 Å². The normalized spacial score (nSPS) is 15.6. The van der Waals surface area contributed by atoms with Crippen LogP contribution < -0.4 is 20.5 Å². The zero-order valence-electron chi connectivity index (χ0n) is 21.1. The van der Waals surface area contributed by atoms with Crippen LogP contribution in [0.3, 0.4) is 0 Å². The molecule has 1 aromatic heterocycles. The Hall–Kier alpha value is -4.07. The van der Waals surface area contributed by atoms with Crippen molar-refractivity contribution < 1.29 is 18.7 Å². The lowest BCUT2D eigenvalue weighted by atomic mass is 9.93. The predicted molar refractivity (Wildman–Crippen MR) is 143 cm³/mol. The number of nitrogens with two attached hydrogens (primary N) is 1. The van der Waals surface area contributed by atoms with E-state index in [1.165, 1.54) is 5.56 Å². The maximum absolute atomic E-state index is 15.1. The number of anilines is 1. The summed E-state index contributed by atoms with van der Waals surface area (Å²) in [6, 6.07) is 13.1. The molecule has 0 radical (unpaired) electrons. The third-order valence-electron chi connectivity index (χ3n) is 7.13. The van der Waals surface area contributed by atoms with E-state index in [9.17, 15) is 4.79 Å². The second kappa shape index (κ2) is 10.1. The summed E-state index contributed by atoms with van der Waals surface area (Å²) in [5.41, 5.74) is 11.7. The standard InChI is InChI=1S/C29H31FN4O3/c1-17-23-6-4-19(14-20(23)8-11-32-17)25-16-26(28(30)33-29(25)31)24-7-5-22(15-27(24)36-3)37-21-9-12-34(13-10-21)18(2)35/h4-7,14-16,21,32H,1,8-13H2,2-3H3,(H2,31,33). The Kier molecular flexibility index (Phi) is 6.74. The number of nitrogen functional groups attached to an aromatic ring is 1. The van der Waals surface area contributed by atoms with Crippen LogP contribution in [0.25, 0.3) is 28.0 Å². The third kappa shape index (κ3) is 4.96.